The quantitative estimate of drug-likeness (QED) is 0.874. The van der Waals surface area contributed by atoms with E-state index in [-0.39, 0.29) is 11.5 Å². The number of thiophene rings is 1. The first-order valence-corrected chi connectivity index (χ1v) is 8.34. The number of likely N-dealkylation sites (tertiary alicyclic amines) is 1. The molecule has 0 atom stereocenters. The second-order valence-electron chi connectivity index (χ2n) is 5.43. The molecule has 3 heterocycles. The van der Waals surface area contributed by atoms with Crippen LogP contribution in [0, 0.1) is 0 Å². The van der Waals surface area contributed by atoms with E-state index in [0.717, 1.165) is 30.8 Å². The normalized spacial score (nSPS) is 16.1. The van der Waals surface area contributed by atoms with Crippen LogP contribution in [0.15, 0.2) is 22.6 Å². The molecule has 0 unspecified atom stereocenters. The highest BCUT2D eigenvalue weighted by Crippen LogP contribution is 2.14. The maximum absolute atomic E-state index is 12.2. The minimum atomic E-state index is -0.0510. The number of aromatic nitrogens is 2. The van der Waals surface area contributed by atoms with Gasteiger partial charge in [-0.25, -0.2) is 4.98 Å². The molecule has 2 aromatic heterocycles. The van der Waals surface area contributed by atoms with Crippen molar-refractivity contribution in [2.24, 2.45) is 0 Å². The summed E-state index contributed by atoms with van der Waals surface area (Å²) < 4.78 is 1.55. The fourth-order valence-electron chi connectivity index (χ4n) is 2.75. The van der Waals surface area contributed by atoms with Gasteiger partial charge in [-0.15, -0.1) is 11.3 Å². The molecule has 0 aliphatic carbocycles. The zero-order valence-electron chi connectivity index (χ0n) is 12.0. The number of hydrogen-bond donors (Lipinski definition) is 0. The van der Waals surface area contributed by atoms with Gasteiger partial charge in [0.2, 0.25) is 5.91 Å². The summed E-state index contributed by atoms with van der Waals surface area (Å²) >= 11 is 1.46. The van der Waals surface area contributed by atoms with E-state index in [1.807, 2.05) is 10.3 Å². The molecule has 1 saturated heterocycles. The maximum atomic E-state index is 12.2. The van der Waals surface area contributed by atoms with E-state index in [1.165, 1.54) is 24.2 Å². The van der Waals surface area contributed by atoms with Crippen molar-refractivity contribution < 1.29 is 4.79 Å². The van der Waals surface area contributed by atoms with Crippen LogP contribution in [0.4, 0.5) is 0 Å². The molecular formula is C15H19N3O2S. The summed E-state index contributed by atoms with van der Waals surface area (Å²) in [5.74, 6) is 0.147. The van der Waals surface area contributed by atoms with Crippen molar-refractivity contribution in [2.45, 2.75) is 38.6 Å². The van der Waals surface area contributed by atoms with E-state index in [0.29, 0.717) is 18.4 Å². The minimum Gasteiger partial charge on any atom is -0.343 e. The minimum absolute atomic E-state index is 0.0510. The number of amides is 1. The molecule has 1 amide bonds. The Bertz CT molecular complexity index is 684. The first-order chi connectivity index (χ1) is 10.3. The fourth-order valence-corrected chi connectivity index (χ4v) is 3.47. The first kappa shape index (κ1) is 14.3. The molecule has 0 saturated carbocycles. The van der Waals surface area contributed by atoms with Gasteiger partial charge in [0, 0.05) is 26.1 Å². The summed E-state index contributed by atoms with van der Waals surface area (Å²) in [6.45, 7) is 2.12. The van der Waals surface area contributed by atoms with Crippen LogP contribution >= 0.6 is 11.3 Å². The Morgan fingerprint density at radius 2 is 2.00 bits per heavy atom. The highest BCUT2D eigenvalue weighted by Gasteiger charge is 2.15. The fraction of sp³-hybridized carbons (Fsp3) is 0.533. The number of aryl methyl sites for hydroxylation is 1. The van der Waals surface area contributed by atoms with Crippen LogP contribution in [0.5, 0.6) is 0 Å². The van der Waals surface area contributed by atoms with E-state index >= 15 is 0 Å². The third kappa shape index (κ3) is 3.15. The topological polar surface area (TPSA) is 55.2 Å². The van der Waals surface area contributed by atoms with Crippen LogP contribution in [0.2, 0.25) is 0 Å². The van der Waals surface area contributed by atoms with Gasteiger partial charge in [-0.05, 0) is 24.3 Å². The van der Waals surface area contributed by atoms with Gasteiger partial charge in [-0.3, -0.25) is 14.2 Å². The Hall–Kier alpha value is -1.69. The Labute approximate surface area is 127 Å². The lowest BCUT2D eigenvalue weighted by atomic mass is 10.2. The average Bonchev–Trinajstić information content (AvgIpc) is 2.81. The summed E-state index contributed by atoms with van der Waals surface area (Å²) in [6.07, 6.45) is 6.53. The molecule has 0 radical (unpaired) electrons. The van der Waals surface area contributed by atoms with Gasteiger partial charge in [0.25, 0.3) is 5.56 Å². The number of carbonyl (C=O) groups is 1. The van der Waals surface area contributed by atoms with Gasteiger partial charge in [0.1, 0.15) is 4.83 Å². The van der Waals surface area contributed by atoms with Crippen molar-refractivity contribution in [3.63, 3.8) is 0 Å². The molecule has 112 valence electrons. The number of nitrogens with zero attached hydrogens (tertiary/aromatic N) is 3. The van der Waals surface area contributed by atoms with Crippen LogP contribution in [-0.4, -0.2) is 33.4 Å². The molecule has 3 rings (SSSR count). The third-order valence-corrected chi connectivity index (χ3v) is 4.80. The molecule has 1 aliphatic heterocycles. The standard InChI is InChI=1S/C15H19N3O2S/c19-13(17-7-3-1-2-4-8-17)5-9-18-11-16-14-12(15(18)20)6-10-21-14/h6,10-11H,1-5,7-9H2. The second kappa shape index (κ2) is 6.39. The van der Waals surface area contributed by atoms with Crippen LogP contribution in [0.1, 0.15) is 32.1 Å². The molecule has 0 aromatic carbocycles. The van der Waals surface area contributed by atoms with Gasteiger partial charge in [-0.2, -0.15) is 0 Å². The van der Waals surface area contributed by atoms with Crippen LogP contribution in [0.25, 0.3) is 10.2 Å². The molecular weight excluding hydrogens is 286 g/mol. The van der Waals surface area contributed by atoms with Gasteiger partial charge >= 0.3 is 0 Å². The highest BCUT2D eigenvalue weighted by molar-refractivity contribution is 7.16. The van der Waals surface area contributed by atoms with Crippen LogP contribution < -0.4 is 5.56 Å². The smallest absolute Gasteiger partial charge is 0.262 e. The zero-order chi connectivity index (χ0) is 14.7. The lowest BCUT2D eigenvalue weighted by molar-refractivity contribution is -0.131. The monoisotopic (exact) mass is 305 g/mol. The predicted octanol–water partition coefficient (Wildman–Crippen LogP) is 2.25. The van der Waals surface area contributed by atoms with E-state index in [1.54, 1.807) is 17.0 Å². The van der Waals surface area contributed by atoms with Crippen molar-refractivity contribution in [3.05, 3.63) is 28.1 Å². The first-order valence-electron chi connectivity index (χ1n) is 7.46. The summed E-state index contributed by atoms with van der Waals surface area (Å²) in [6, 6.07) is 1.79. The lowest BCUT2D eigenvalue weighted by Gasteiger charge is -2.20. The van der Waals surface area contributed by atoms with Gasteiger partial charge < -0.3 is 4.90 Å². The Kier molecular flexibility index (Phi) is 4.34. The van der Waals surface area contributed by atoms with Crippen LogP contribution in [0.3, 0.4) is 0 Å². The number of fused-ring (bicyclic) bond motifs is 1. The number of hydrogen-bond acceptors (Lipinski definition) is 4. The van der Waals surface area contributed by atoms with E-state index in [9.17, 15) is 9.59 Å². The Balaban J connectivity index is 1.66. The molecule has 0 N–H and O–H groups in total. The highest BCUT2D eigenvalue weighted by atomic mass is 32.1. The molecule has 2 aromatic rings. The van der Waals surface area contributed by atoms with Crippen molar-refractivity contribution in [2.75, 3.05) is 13.1 Å². The lowest BCUT2D eigenvalue weighted by Crippen LogP contribution is -2.33. The van der Waals surface area contributed by atoms with Crippen molar-refractivity contribution in [1.82, 2.24) is 14.5 Å². The summed E-state index contributed by atoms with van der Waals surface area (Å²) in [7, 11) is 0. The van der Waals surface area contributed by atoms with Crippen molar-refractivity contribution in [3.8, 4) is 0 Å². The molecule has 21 heavy (non-hydrogen) atoms. The van der Waals surface area contributed by atoms with E-state index in [2.05, 4.69) is 4.98 Å². The summed E-state index contributed by atoms with van der Waals surface area (Å²) in [5, 5.41) is 2.51. The third-order valence-electron chi connectivity index (χ3n) is 3.98. The Morgan fingerprint density at radius 1 is 1.24 bits per heavy atom. The van der Waals surface area contributed by atoms with Gasteiger partial charge in [-0.1, -0.05) is 12.8 Å². The summed E-state index contributed by atoms with van der Waals surface area (Å²) in [5.41, 5.74) is -0.0510. The maximum Gasteiger partial charge on any atom is 0.262 e. The second-order valence-corrected chi connectivity index (χ2v) is 6.32. The van der Waals surface area contributed by atoms with Crippen LogP contribution in [-0.2, 0) is 11.3 Å². The van der Waals surface area contributed by atoms with Gasteiger partial charge in [0.15, 0.2) is 0 Å². The molecule has 0 bridgehead atoms. The molecule has 6 heteroatoms. The Morgan fingerprint density at radius 3 is 2.76 bits per heavy atom. The SMILES string of the molecule is O=C(CCn1cnc2sccc2c1=O)N1CCCCCC1. The van der Waals surface area contributed by atoms with E-state index in [4.69, 9.17) is 0 Å². The zero-order valence-corrected chi connectivity index (χ0v) is 12.8. The molecule has 0 spiro atoms. The molecule has 5 nitrogen and oxygen atoms in total. The largest absolute Gasteiger partial charge is 0.343 e. The van der Waals surface area contributed by atoms with E-state index < -0.39 is 0 Å². The van der Waals surface area contributed by atoms with Gasteiger partial charge in [0.05, 0.1) is 11.7 Å². The molecule has 1 aliphatic rings. The van der Waals surface area contributed by atoms with Crippen molar-refractivity contribution >= 4 is 27.5 Å². The predicted molar refractivity (Wildman–Crippen MR) is 83.5 cm³/mol. The summed E-state index contributed by atoms with van der Waals surface area (Å²) in [4.78, 5) is 31.4. The number of carbonyl (C=O) groups excluding carboxylic acids is 1. The molecule has 1 fully saturated rings. The average molecular weight is 305 g/mol. The van der Waals surface area contributed by atoms with Crippen molar-refractivity contribution in [1.29, 1.82) is 0 Å². The number of rotatable bonds is 3.